The van der Waals surface area contributed by atoms with Crippen LogP contribution in [0.1, 0.15) is 26.4 Å². The van der Waals surface area contributed by atoms with Crippen LogP contribution in [0.15, 0.2) is 102 Å². The average Bonchev–Trinajstić information content (AvgIpc) is 3.38. The van der Waals surface area contributed by atoms with Gasteiger partial charge in [0.05, 0.1) is 31.5 Å². The first-order chi connectivity index (χ1) is 19.1. The molecule has 4 aromatic carbocycles. The quantitative estimate of drug-likeness (QED) is 0.116. The smallest absolute Gasteiger partial charge is 0.343 e. The first kappa shape index (κ1) is 25.3. The Kier molecular flexibility index (Phi) is 7.36. The molecule has 1 heterocycles. The van der Waals surface area contributed by atoms with E-state index in [9.17, 15) is 9.59 Å². The molecule has 0 aliphatic rings. The fourth-order valence-corrected chi connectivity index (χ4v) is 4.24. The molecular formula is C31H25N3O5. The third-order valence-electron chi connectivity index (χ3n) is 6.08. The molecule has 0 unspecified atom stereocenters. The van der Waals surface area contributed by atoms with Gasteiger partial charge >= 0.3 is 5.97 Å². The highest BCUT2D eigenvalue weighted by atomic mass is 16.6. The molecule has 0 spiro atoms. The molecule has 0 aliphatic heterocycles. The normalized spacial score (nSPS) is 10.9. The van der Waals surface area contributed by atoms with Gasteiger partial charge in [0.1, 0.15) is 11.4 Å². The second-order valence-electron chi connectivity index (χ2n) is 8.49. The summed E-state index contributed by atoms with van der Waals surface area (Å²) >= 11 is 0. The van der Waals surface area contributed by atoms with Gasteiger partial charge in [-0.3, -0.25) is 4.79 Å². The van der Waals surface area contributed by atoms with Crippen molar-refractivity contribution in [1.82, 2.24) is 10.4 Å². The second kappa shape index (κ2) is 11.4. The predicted molar refractivity (Wildman–Crippen MR) is 150 cm³/mol. The minimum Gasteiger partial charge on any atom is -0.495 e. The third-order valence-corrected chi connectivity index (χ3v) is 6.08. The van der Waals surface area contributed by atoms with E-state index < -0.39 is 11.9 Å². The summed E-state index contributed by atoms with van der Waals surface area (Å²) in [6, 6.07) is 29.0. The largest absolute Gasteiger partial charge is 0.495 e. The van der Waals surface area contributed by atoms with E-state index in [1.165, 1.54) is 13.3 Å². The van der Waals surface area contributed by atoms with Crippen LogP contribution in [0.4, 0.5) is 0 Å². The lowest BCUT2D eigenvalue weighted by atomic mass is 10.0. The summed E-state index contributed by atoms with van der Waals surface area (Å²) < 4.78 is 16.4. The van der Waals surface area contributed by atoms with Crippen LogP contribution in [0.25, 0.3) is 22.0 Å². The summed E-state index contributed by atoms with van der Waals surface area (Å²) in [7, 11) is 3.07. The van der Waals surface area contributed by atoms with Gasteiger partial charge in [-0.05, 0) is 47.5 Å². The fraction of sp³-hybridized carbons (Fsp3) is 0.0645. The number of methoxy groups -OCH3 is 2. The maximum Gasteiger partial charge on any atom is 0.343 e. The van der Waals surface area contributed by atoms with Gasteiger partial charge < -0.3 is 19.2 Å². The molecule has 0 fully saturated rings. The van der Waals surface area contributed by atoms with Crippen LogP contribution in [0, 0.1) is 0 Å². The van der Waals surface area contributed by atoms with Gasteiger partial charge in [-0.25, -0.2) is 10.2 Å². The number of benzene rings is 4. The van der Waals surface area contributed by atoms with E-state index in [2.05, 4.69) is 15.5 Å². The van der Waals surface area contributed by atoms with Gasteiger partial charge in [-0.15, -0.1) is 0 Å². The zero-order valence-corrected chi connectivity index (χ0v) is 21.3. The van der Waals surface area contributed by atoms with E-state index in [-0.39, 0.29) is 5.75 Å². The maximum absolute atomic E-state index is 13.3. The molecule has 5 aromatic rings. The Labute approximate surface area is 224 Å². The van der Waals surface area contributed by atoms with E-state index in [1.54, 1.807) is 49.6 Å². The summed E-state index contributed by atoms with van der Waals surface area (Å²) in [6.45, 7) is 0. The number of hydrogen-bond donors (Lipinski definition) is 2. The van der Waals surface area contributed by atoms with Crippen LogP contribution in [-0.4, -0.2) is 37.3 Å². The Balaban J connectivity index is 1.37. The van der Waals surface area contributed by atoms with Crippen molar-refractivity contribution in [1.29, 1.82) is 0 Å². The zero-order valence-electron chi connectivity index (χ0n) is 21.3. The third kappa shape index (κ3) is 5.35. The maximum atomic E-state index is 13.3. The SMILES string of the molecule is COc1cc(C=NNC(=O)c2[nH]c3c(OC)cccc3c2-c2ccccc2)ccc1OC(=O)c1ccccc1. The van der Waals surface area contributed by atoms with Crippen LogP contribution in [0.2, 0.25) is 0 Å². The van der Waals surface area contributed by atoms with Crippen LogP contribution in [0.3, 0.4) is 0 Å². The molecular weight excluding hydrogens is 494 g/mol. The highest BCUT2D eigenvalue weighted by Gasteiger charge is 2.21. The van der Waals surface area contributed by atoms with E-state index >= 15 is 0 Å². The van der Waals surface area contributed by atoms with E-state index in [1.807, 2.05) is 54.6 Å². The summed E-state index contributed by atoms with van der Waals surface area (Å²) in [5.41, 5.74) is 6.37. The Morgan fingerprint density at radius 1 is 0.795 bits per heavy atom. The van der Waals surface area contributed by atoms with Crippen molar-refractivity contribution in [2.45, 2.75) is 0 Å². The Bertz CT molecular complexity index is 1660. The minimum atomic E-state index is -0.494. The molecule has 8 heteroatoms. The second-order valence-corrected chi connectivity index (χ2v) is 8.49. The molecule has 0 saturated heterocycles. The number of para-hydroxylation sites is 1. The van der Waals surface area contributed by atoms with Crippen molar-refractivity contribution < 1.29 is 23.8 Å². The van der Waals surface area contributed by atoms with E-state index in [4.69, 9.17) is 14.2 Å². The number of carbonyl (C=O) groups excluding carboxylic acids is 2. The van der Waals surface area contributed by atoms with Crippen molar-refractivity contribution in [3.8, 4) is 28.4 Å². The highest BCUT2D eigenvalue weighted by molar-refractivity contribution is 6.11. The molecule has 0 radical (unpaired) electrons. The predicted octanol–water partition coefficient (Wildman–Crippen LogP) is 5.84. The Morgan fingerprint density at radius 2 is 1.51 bits per heavy atom. The lowest BCUT2D eigenvalue weighted by Gasteiger charge is -2.10. The van der Waals surface area contributed by atoms with Crippen LogP contribution in [-0.2, 0) is 0 Å². The monoisotopic (exact) mass is 519 g/mol. The number of ether oxygens (including phenoxy) is 3. The number of esters is 1. The number of H-pyrrole nitrogens is 1. The fourth-order valence-electron chi connectivity index (χ4n) is 4.24. The van der Waals surface area contributed by atoms with E-state index in [0.717, 1.165) is 22.0 Å². The van der Waals surface area contributed by atoms with Crippen molar-refractivity contribution in [3.05, 3.63) is 114 Å². The van der Waals surface area contributed by atoms with Crippen molar-refractivity contribution >= 4 is 29.0 Å². The molecule has 0 aliphatic carbocycles. The molecule has 8 nitrogen and oxygen atoms in total. The highest BCUT2D eigenvalue weighted by Crippen LogP contribution is 2.36. The zero-order chi connectivity index (χ0) is 27.2. The standard InChI is InChI=1S/C31H25N3O5/c1-37-25-15-9-14-23-27(21-10-5-3-6-11-21)29(33-28(23)25)30(35)34-32-19-20-16-17-24(26(18-20)38-2)39-31(36)22-12-7-4-8-13-22/h3-19,33H,1-2H3,(H,34,35). The molecule has 0 bridgehead atoms. The Hall–Kier alpha value is -5.37. The number of amides is 1. The molecule has 39 heavy (non-hydrogen) atoms. The molecule has 1 amide bonds. The van der Waals surface area contributed by atoms with Crippen molar-refractivity contribution in [2.24, 2.45) is 5.10 Å². The summed E-state index contributed by atoms with van der Waals surface area (Å²) in [5, 5.41) is 5.00. The number of rotatable bonds is 8. The number of aromatic nitrogens is 1. The molecule has 2 N–H and O–H groups in total. The molecule has 194 valence electrons. The first-order valence-corrected chi connectivity index (χ1v) is 12.1. The van der Waals surface area contributed by atoms with E-state index in [0.29, 0.717) is 28.3 Å². The average molecular weight is 520 g/mol. The molecule has 1 aromatic heterocycles. The summed E-state index contributed by atoms with van der Waals surface area (Å²) in [4.78, 5) is 28.9. The minimum absolute atomic E-state index is 0.270. The lowest BCUT2D eigenvalue weighted by Crippen LogP contribution is -2.18. The molecule has 0 saturated carbocycles. The molecule has 5 rings (SSSR count). The number of carbonyl (C=O) groups is 2. The Morgan fingerprint density at radius 3 is 2.23 bits per heavy atom. The summed E-state index contributed by atoms with van der Waals surface area (Å²) in [5.74, 6) is 0.346. The van der Waals surface area contributed by atoms with Crippen LogP contribution in [0.5, 0.6) is 17.2 Å². The van der Waals surface area contributed by atoms with Gasteiger partial charge in [0.2, 0.25) is 0 Å². The van der Waals surface area contributed by atoms with Gasteiger partial charge in [-0.2, -0.15) is 5.10 Å². The van der Waals surface area contributed by atoms with Crippen molar-refractivity contribution in [2.75, 3.05) is 14.2 Å². The van der Waals surface area contributed by atoms with Crippen LogP contribution >= 0.6 is 0 Å². The number of fused-ring (bicyclic) bond motifs is 1. The van der Waals surface area contributed by atoms with Gasteiger partial charge in [0.15, 0.2) is 11.5 Å². The van der Waals surface area contributed by atoms with Crippen molar-refractivity contribution in [3.63, 3.8) is 0 Å². The van der Waals surface area contributed by atoms with Gasteiger partial charge in [0, 0.05) is 10.9 Å². The summed E-state index contributed by atoms with van der Waals surface area (Å²) in [6.07, 6.45) is 1.48. The number of hydrogen-bond acceptors (Lipinski definition) is 6. The van der Waals surface area contributed by atoms with Gasteiger partial charge in [0.25, 0.3) is 5.91 Å². The topological polar surface area (TPSA) is 102 Å². The number of nitrogens with one attached hydrogen (secondary N) is 2. The number of hydrazone groups is 1. The lowest BCUT2D eigenvalue weighted by molar-refractivity contribution is 0.0729. The molecule has 0 atom stereocenters. The number of nitrogens with zero attached hydrogens (tertiary/aromatic N) is 1. The number of aromatic amines is 1. The first-order valence-electron chi connectivity index (χ1n) is 12.1. The van der Waals surface area contributed by atoms with Crippen LogP contribution < -0.4 is 19.6 Å². The van der Waals surface area contributed by atoms with Gasteiger partial charge in [-0.1, -0.05) is 60.7 Å².